The predicted octanol–water partition coefficient (Wildman–Crippen LogP) is 11.7. The van der Waals surface area contributed by atoms with Crippen molar-refractivity contribution in [3.63, 3.8) is 0 Å². The molecule has 2 fully saturated rings. The maximum Gasteiger partial charge on any atom is 0.306 e. The summed E-state index contributed by atoms with van der Waals surface area (Å²) < 4.78 is 12.2. The molecule has 0 aromatic carbocycles. The predicted molar refractivity (Wildman–Crippen MR) is 212 cm³/mol. The first-order valence-corrected chi connectivity index (χ1v) is 21.3. The number of hydrogen-bond donors (Lipinski definition) is 0. The first-order chi connectivity index (χ1) is 23.4. The molecule has 2 saturated heterocycles. The molecule has 50 heavy (non-hydrogen) atoms. The van der Waals surface area contributed by atoms with E-state index in [9.17, 15) is 9.59 Å². The Hall–Kier alpha value is -1.14. The molecule has 0 aliphatic carbocycles. The number of nitrogens with zero attached hydrogens (tertiary/aromatic N) is 2. The van der Waals surface area contributed by atoms with E-state index in [1.165, 1.54) is 51.4 Å². The average Bonchev–Trinajstić information content (AvgIpc) is 3.00. The van der Waals surface area contributed by atoms with Crippen LogP contribution in [0.2, 0.25) is 0 Å². The Balaban J connectivity index is 1.65. The largest absolute Gasteiger partial charge is 0.462 e. The zero-order valence-corrected chi connectivity index (χ0v) is 35.4. The number of hydrogen-bond acceptors (Lipinski definition) is 6. The zero-order valence-electron chi connectivity index (χ0n) is 35.4. The highest BCUT2D eigenvalue weighted by molar-refractivity contribution is 5.70. The van der Waals surface area contributed by atoms with Crippen LogP contribution >= 0.6 is 0 Å². The molecular formula is C44H84N2O4. The van der Waals surface area contributed by atoms with E-state index in [4.69, 9.17) is 9.47 Å². The molecule has 2 atom stereocenters. The number of carbonyl (C=O) groups excluding carboxylic acids is 2. The van der Waals surface area contributed by atoms with Crippen LogP contribution in [0.4, 0.5) is 0 Å². The van der Waals surface area contributed by atoms with Gasteiger partial charge >= 0.3 is 11.9 Å². The summed E-state index contributed by atoms with van der Waals surface area (Å²) in [7, 11) is 0. The fourth-order valence-corrected chi connectivity index (χ4v) is 9.69. The van der Waals surface area contributed by atoms with Gasteiger partial charge in [0.25, 0.3) is 0 Å². The van der Waals surface area contributed by atoms with E-state index in [2.05, 4.69) is 92.9 Å². The number of carbonyl (C=O) groups is 2. The second-order valence-electron chi connectivity index (χ2n) is 19.0. The van der Waals surface area contributed by atoms with Gasteiger partial charge in [-0.1, -0.05) is 91.9 Å². The molecule has 2 heterocycles. The van der Waals surface area contributed by atoms with Crippen molar-refractivity contribution in [2.75, 3.05) is 13.1 Å². The quantitative estimate of drug-likeness (QED) is 0.0779. The van der Waals surface area contributed by atoms with Gasteiger partial charge < -0.3 is 9.47 Å². The van der Waals surface area contributed by atoms with Crippen LogP contribution in [0.5, 0.6) is 0 Å². The summed E-state index contributed by atoms with van der Waals surface area (Å²) >= 11 is 0. The number of unbranched alkanes of at least 4 members (excludes halogenated alkanes) is 7. The SMILES string of the molecule is CCCCC(CC)CN1C(C)(C)CC(OC(=O)CCCCCCCCC(=O)OC2CC(C)(C)N(CC(CC)CCCC)C(C)(C)C2)CC1(C)C. The van der Waals surface area contributed by atoms with Gasteiger partial charge in [-0.3, -0.25) is 19.4 Å². The van der Waals surface area contributed by atoms with Gasteiger partial charge in [-0.2, -0.15) is 0 Å². The lowest BCUT2D eigenvalue weighted by atomic mass is 9.77. The Labute approximate surface area is 310 Å². The molecule has 6 nitrogen and oxygen atoms in total. The molecule has 0 aromatic heterocycles. The molecule has 2 aliphatic heterocycles. The lowest BCUT2D eigenvalue weighted by Gasteiger charge is -2.56. The molecule has 0 N–H and O–H groups in total. The highest BCUT2D eigenvalue weighted by Crippen LogP contribution is 2.42. The highest BCUT2D eigenvalue weighted by atomic mass is 16.5. The molecule has 2 unspecified atom stereocenters. The molecule has 0 aromatic rings. The van der Waals surface area contributed by atoms with Crippen LogP contribution in [0.25, 0.3) is 0 Å². The number of ether oxygens (including phenoxy) is 2. The van der Waals surface area contributed by atoms with Gasteiger partial charge in [0, 0.05) is 73.8 Å². The number of likely N-dealkylation sites (tertiary alicyclic amines) is 2. The van der Waals surface area contributed by atoms with Crippen LogP contribution in [0.15, 0.2) is 0 Å². The molecule has 294 valence electrons. The van der Waals surface area contributed by atoms with E-state index in [-0.39, 0.29) is 46.3 Å². The summed E-state index contributed by atoms with van der Waals surface area (Å²) in [4.78, 5) is 31.1. The van der Waals surface area contributed by atoms with Crippen LogP contribution in [-0.2, 0) is 19.1 Å². The van der Waals surface area contributed by atoms with E-state index in [0.29, 0.717) is 12.8 Å². The summed E-state index contributed by atoms with van der Waals surface area (Å²) in [6.07, 6.45) is 20.8. The van der Waals surface area contributed by atoms with Crippen LogP contribution in [0, 0.1) is 11.8 Å². The molecule has 0 spiro atoms. The Kier molecular flexibility index (Phi) is 18.8. The summed E-state index contributed by atoms with van der Waals surface area (Å²) in [6, 6.07) is 0. The maximum absolute atomic E-state index is 12.8. The zero-order chi connectivity index (χ0) is 37.6. The summed E-state index contributed by atoms with van der Waals surface area (Å²) in [5.74, 6) is 1.39. The first-order valence-electron chi connectivity index (χ1n) is 21.3. The maximum atomic E-state index is 12.8. The van der Waals surface area contributed by atoms with Gasteiger partial charge in [0.2, 0.25) is 0 Å². The van der Waals surface area contributed by atoms with Gasteiger partial charge in [0.15, 0.2) is 0 Å². The number of rotatable bonds is 23. The van der Waals surface area contributed by atoms with E-state index >= 15 is 0 Å². The van der Waals surface area contributed by atoms with Crippen molar-refractivity contribution in [3.8, 4) is 0 Å². The summed E-state index contributed by atoms with van der Waals surface area (Å²) in [5.41, 5.74) is 0.0378. The van der Waals surface area contributed by atoms with Crippen LogP contribution < -0.4 is 0 Å². The third-order valence-corrected chi connectivity index (χ3v) is 12.4. The van der Waals surface area contributed by atoms with Crippen molar-refractivity contribution in [2.45, 2.75) is 246 Å². The Morgan fingerprint density at radius 3 is 1.10 bits per heavy atom. The Morgan fingerprint density at radius 2 is 0.820 bits per heavy atom. The molecular weight excluding hydrogens is 620 g/mol. The van der Waals surface area contributed by atoms with Gasteiger partial charge in [-0.05, 0) is 92.9 Å². The number of piperidine rings is 2. The van der Waals surface area contributed by atoms with Gasteiger partial charge in [-0.15, -0.1) is 0 Å². The van der Waals surface area contributed by atoms with Crippen LogP contribution in [0.3, 0.4) is 0 Å². The standard InChI is InChI=1S/C44H84N2O4/c1-13-17-25-35(15-3)33-45-41(5,6)29-37(30-42(45,7)8)49-39(47)27-23-21-19-20-22-24-28-40(48)50-38-31-43(9,10)46(44(11,12)32-38)34-36(16-4)26-18-14-2/h35-38H,13-34H2,1-12H3. The lowest BCUT2D eigenvalue weighted by Crippen LogP contribution is -2.63. The summed E-state index contributed by atoms with van der Waals surface area (Å²) in [5, 5.41) is 0. The van der Waals surface area contributed by atoms with Crippen LogP contribution in [-0.4, -0.2) is 69.2 Å². The fraction of sp³-hybridized carbons (Fsp3) is 0.955. The van der Waals surface area contributed by atoms with Crippen molar-refractivity contribution < 1.29 is 19.1 Å². The topological polar surface area (TPSA) is 59.1 Å². The van der Waals surface area contributed by atoms with Gasteiger partial charge in [0.05, 0.1) is 0 Å². The average molecular weight is 705 g/mol. The van der Waals surface area contributed by atoms with Crippen molar-refractivity contribution in [3.05, 3.63) is 0 Å². The number of esters is 2. The molecule has 0 amide bonds. The Bertz CT molecular complexity index is 875. The van der Waals surface area contributed by atoms with Crippen molar-refractivity contribution in [1.82, 2.24) is 9.80 Å². The fourth-order valence-electron chi connectivity index (χ4n) is 9.69. The van der Waals surface area contributed by atoms with Crippen molar-refractivity contribution >= 4 is 11.9 Å². The van der Waals surface area contributed by atoms with E-state index < -0.39 is 0 Å². The smallest absolute Gasteiger partial charge is 0.306 e. The second kappa shape index (κ2) is 20.9. The molecule has 2 aliphatic rings. The third kappa shape index (κ3) is 14.7. The summed E-state index contributed by atoms with van der Waals surface area (Å²) in [6.45, 7) is 30.2. The lowest BCUT2D eigenvalue weighted by molar-refractivity contribution is -0.162. The Morgan fingerprint density at radius 1 is 0.520 bits per heavy atom. The monoisotopic (exact) mass is 705 g/mol. The minimum Gasteiger partial charge on any atom is -0.462 e. The minimum atomic E-state index is -0.0361. The molecule has 0 saturated carbocycles. The van der Waals surface area contributed by atoms with Crippen LogP contribution in [0.1, 0.15) is 212 Å². The minimum absolute atomic E-state index is 0.00659. The molecule has 6 heteroatoms. The van der Waals surface area contributed by atoms with Crippen molar-refractivity contribution in [1.29, 1.82) is 0 Å². The van der Waals surface area contributed by atoms with Crippen molar-refractivity contribution in [2.24, 2.45) is 11.8 Å². The normalized spacial score (nSPS) is 22.2. The van der Waals surface area contributed by atoms with E-state index in [0.717, 1.165) is 89.1 Å². The second-order valence-corrected chi connectivity index (χ2v) is 19.0. The molecule has 0 bridgehead atoms. The highest BCUT2D eigenvalue weighted by Gasteiger charge is 2.48. The molecule has 0 radical (unpaired) electrons. The van der Waals surface area contributed by atoms with Gasteiger partial charge in [-0.25, -0.2) is 0 Å². The van der Waals surface area contributed by atoms with Gasteiger partial charge in [0.1, 0.15) is 12.2 Å². The first kappa shape index (κ1) is 45.0. The molecule has 2 rings (SSSR count). The van der Waals surface area contributed by atoms with E-state index in [1.54, 1.807) is 0 Å². The van der Waals surface area contributed by atoms with E-state index in [1.807, 2.05) is 0 Å². The third-order valence-electron chi connectivity index (χ3n) is 12.4.